The number of hydrogen-bond donors (Lipinski definition) is 1. The number of carbonyl (C=O) groups is 2. The molecule has 0 saturated carbocycles. The summed E-state index contributed by atoms with van der Waals surface area (Å²) in [6.07, 6.45) is 8.70. The first kappa shape index (κ1) is 28.1. The van der Waals surface area contributed by atoms with E-state index in [2.05, 4.69) is 20.4 Å². The average molecular weight is 546 g/mol. The molecule has 11 heteroatoms. The first-order valence-corrected chi connectivity index (χ1v) is 13.8. The molecule has 10 nitrogen and oxygen atoms in total. The van der Waals surface area contributed by atoms with Gasteiger partial charge in [-0.05, 0) is 58.1 Å². The fourth-order valence-corrected chi connectivity index (χ4v) is 5.08. The fourth-order valence-electron chi connectivity index (χ4n) is 4.95. The molecule has 4 heterocycles. The summed E-state index contributed by atoms with van der Waals surface area (Å²) in [6.45, 7) is 14.1. The van der Waals surface area contributed by atoms with Gasteiger partial charge in [0, 0.05) is 61.2 Å². The van der Waals surface area contributed by atoms with E-state index in [0.717, 1.165) is 49.9 Å². The van der Waals surface area contributed by atoms with Crippen molar-refractivity contribution in [2.45, 2.75) is 84.9 Å². The van der Waals surface area contributed by atoms with Gasteiger partial charge in [-0.1, -0.05) is 20.8 Å². The van der Waals surface area contributed by atoms with Crippen molar-refractivity contribution in [1.29, 1.82) is 0 Å². The molecule has 2 aromatic rings. The van der Waals surface area contributed by atoms with Gasteiger partial charge in [-0.25, -0.2) is 14.8 Å². The van der Waals surface area contributed by atoms with Crippen LogP contribution in [0.3, 0.4) is 0 Å². The number of aromatic nitrogens is 4. The van der Waals surface area contributed by atoms with E-state index in [-0.39, 0.29) is 34.8 Å². The highest BCUT2D eigenvalue weighted by Gasteiger charge is 2.32. The summed E-state index contributed by atoms with van der Waals surface area (Å²) in [6, 6.07) is 0.221. The number of amides is 2. The third kappa shape index (κ3) is 6.95. The Kier molecular flexibility index (Phi) is 8.20. The Morgan fingerprint density at radius 1 is 1.03 bits per heavy atom. The lowest BCUT2D eigenvalue weighted by atomic mass is 9.93. The van der Waals surface area contributed by atoms with Crippen LogP contribution in [0.1, 0.15) is 73.3 Å². The van der Waals surface area contributed by atoms with Crippen molar-refractivity contribution < 1.29 is 14.3 Å². The van der Waals surface area contributed by atoms with Crippen molar-refractivity contribution in [3.05, 3.63) is 23.9 Å². The first-order valence-electron chi connectivity index (χ1n) is 13.4. The van der Waals surface area contributed by atoms with Gasteiger partial charge in [0.15, 0.2) is 0 Å². The highest BCUT2D eigenvalue weighted by Crippen LogP contribution is 2.31. The number of carbonyl (C=O) groups excluding carboxylic acids is 2. The normalized spacial score (nSPS) is 19.4. The minimum atomic E-state index is -0.538. The molecule has 2 saturated heterocycles. The molecule has 208 valence electrons. The Bertz CT molecular complexity index is 1150. The molecule has 0 aliphatic carbocycles. The lowest BCUT2D eigenvalue weighted by Gasteiger charge is -2.35. The van der Waals surface area contributed by atoms with Crippen LogP contribution in [0.25, 0.3) is 11.1 Å². The van der Waals surface area contributed by atoms with Crippen molar-refractivity contribution in [2.24, 2.45) is 5.41 Å². The zero-order valence-electron chi connectivity index (χ0n) is 23.3. The van der Waals surface area contributed by atoms with Crippen LogP contribution in [0.15, 0.2) is 18.6 Å². The van der Waals surface area contributed by atoms with Crippen LogP contribution in [0.2, 0.25) is 5.28 Å². The van der Waals surface area contributed by atoms with Crippen molar-refractivity contribution in [3.63, 3.8) is 0 Å². The number of ether oxygens (including phenoxy) is 1. The van der Waals surface area contributed by atoms with E-state index in [1.807, 2.05) is 63.5 Å². The summed E-state index contributed by atoms with van der Waals surface area (Å²) < 4.78 is 7.55. The third-order valence-corrected chi connectivity index (χ3v) is 7.04. The van der Waals surface area contributed by atoms with Crippen LogP contribution < -0.4 is 5.32 Å². The van der Waals surface area contributed by atoms with Crippen LogP contribution in [0.5, 0.6) is 0 Å². The van der Waals surface area contributed by atoms with E-state index in [4.69, 9.17) is 16.3 Å². The second kappa shape index (κ2) is 11.1. The maximum absolute atomic E-state index is 12.6. The standard InChI is InChI=1S/C27H40ClN7O3/c1-26(2,3)23(36)33-12-9-20(10-13-33)35-16-18(14-30-35)21-15-29-24(28)32-22(21)31-19-8-7-11-34(17-19)25(37)38-27(4,5)6/h14-16,19-20H,7-13,17H2,1-6H3,(H,29,31,32). The van der Waals surface area contributed by atoms with Gasteiger partial charge in [0.05, 0.1) is 12.2 Å². The van der Waals surface area contributed by atoms with Gasteiger partial charge in [0.1, 0.15) is 11.4 Å². The first-order chi connectivity index (χ1) is 17.8. The highest BCUT2D eigenvalue weighted by molar-refractivity contribution is 6.28. The van der Waals surface area contributed by atoms with Crippen molar-refractivity contribution >= 4 is 29.4 Å². The molecule has 2 fully saturated rings. The number of rotatable bonds is 4. The Morgan fingerprint density at radius 2 is 1.74 bits per heavy atom. The zero-order valence-corrected chi connectivity index (χ0v) is 24.1. The number of piperidine rings is 2. The van der Waals surface area contributed by atoms with Gasteiger partial charge in [0.2, 0.25) is 11.2 Å². The fraction of sp³-hybridized carbons (Fsp3) is 0.667. The Morgan fingerprint density at radius 3 is 2.39 bits per heavy atom. The quantitative estimate of drug-likeness (QED) is 0.538. The predicted molar refractivity (Wildman–Crippen MR) is 147 cm³/mol. The third-order valence-electron chi connectivity index (χ3n) is 6.85. The van der Waals surface area contributed by atoms with Crippen LogP contribution >= 0.6 is 11.6 Å². The molecule has 2 amide bonds. The molecule has 0 radical (unpaired) electrons. The van der Waals surface area contributed by atoms with Crippen LogP contribution in [-0.4, -0.2) is 79.4 Å². The zero-order chi connectivity index (χ0) is 27.7. The number of halogens is 1. The molecule has 2 aliphatic heterocycles. The summed E-state index contributed by atoms with van der Waals surface area (Å²) in [5.41, 5.74) is 0.780. The Labute approximate surface area is 230 Å². The molecule has 1 unspecified atom stereocenters. The molecule has 4 rings (SSSR count). The largest absolute Gasteiger partial charge is 0.444 e. The average Bonchev–Trinajstić information content (AvgIpc) is 3.32. The number of anilines is 1. The Hall–Kier alpha value is -2.88. The van der Waals surface area contributed by atoms with Gasteiger partial charge in [-0.2, -0.15) is 5.10 Å². The van der Waals surface area contributed by atoms with Gasteiger partial charge in [-0.15, -0.1) is 0 Å². The van der Waals surface area contributed by atoms with Gasteiger partial charge >= 0.3 is 6.09 Å². The maximum Gasteiger partial charge on any atom is 0.410 e. The Balaban J connectivity index is 1.44. The number of nitrogens with zero attached hydrogens (tertiary/aromatic N) is 6. The second-order valence-corrected chi connectivity index (χ2v) is 12.6. The van der Waals surface area contributed by atoms with E-state index < -0.39 is 5.60 Å². The molecule has 2 aromatic heterocycles. The minimum absolute atomic E-state index is 0.000658. The van der Waals surface area contributed by atoms with Gasteiger partial charge < -0.3 is 19.9 Å². The van der Waals surface area contributed by atoms with E-state index >= 15 is 0 Å². The smallest absolute Gasteiger partial charge is 0.410 e. The molecule has 0 bridgehead atoms. The second-order valence-electron chi connectivity index (χ2n) is 12.3. The van der Waals surface area contributed by atoms with Crippen LogP contribution in [-0.2, 0) is 9.53 Å². The highest BCUT2D eigenvalue weighted by atomic mass is 35.5. The molecule has 2 aliphatic rings. The van der Waals surface area contributed by atoms with Gasteiger partial charge in [-0.3, -0.25) is 9.48 Å². The topological polar surface area (TPSA) is 105 Å². The molecular formula is C27H40ClN7O3. The monoisotopic (exact) mass is 545 g/mol. The lowest BCUT2D eigenvalue weighted by Crippen LogP contribution is -2.47. The van der Waals surface area contributed by atoms with E-state index in [0.29, 0.717) is 18.9 Å². The summed E-state index contributed by atoms with van der Waals surface area (Å²) in [5.74, 6) is 0.810. The molecule has 1 atom stereocenters. The van der Waals surface area contributed by atoms with E-state index in [1.54, 1.807) is 11.1 Å². The summed E-state index contributed by atoms with van der Waals surface area (Å²) in [7, 11) is 0. The van der Waals surface area contributed by atoms with Crippen LogP contribution in [0, 0.1) is 5.41 Å². The van der Waals surface area contributed by atoms with Crippen molar-refractivity contribution in [3.8, 4) is 11.1 Å². The molecule has 0 spiro atoms. The number of nitrogens with one attached hydrogen (secondary N) is 1. The molecular weight excluding hydrogens is 506 g/mol. The number of likely N-dealkylation sites (tertiary alicyclic amines) is 2. The summed E-state index contributed by atoms with van der Waals surface area (Å²) >= 11 is 6.17. The maximum atomic E-state index is 12.6. The molecule has 1 N–H and O–H groups in total. The summed E-state index contributed by atoms with van der Waals surface area (Å²) in [4.78, 5) is 37.6. The van der Waals surface area contributed by atoms with E-state index in [1.165, 1.54) is 0 Å². The molecule has 38 heavy (non-hydrogen) atoms. The summed E-state index contributed by atoms with van der Waals surface area (Å²) in [5, 5.41) is 8.29. The van der Waals surface area contributed by atoms with Crippen molar-refractivity contribution in [1.82, 2.24) is 29.5 Å². The van der Waals surface area contributed by atoms with Crippen LogP contribution in [0.4, 0.5) is 10.6 Å². The van der Waals surface area contributed by atoms with Crippen molar-refractivity contribution in [2.75, 3.05) is 31.5 Å². The molecule has 0 aromatic carbocycles. The lowest BCUT2D eigenvalue weighted by molar-refractivity contribution is -0.140. The minimum Gasteiger partial charge on any atom is -0.444 e. The SMILES string of the molecule is CC(C)(C)OC(=O)N1CCCC(Nc2nc(Cl)ncc2-c2cnn(C3CCN(C(=O)C(C)(C)C)CC3)c2)C1. The van der Waals surface area contributed by atoms with Gasteiger partial charge in [0.25, 0.3) is 0 Å². The predicted octanol–water partition coefficient (Wildman–Crippen LogP) is 5.01. The van der Waals surface area contributed by atoms with E-state index in [9.17, 15) is 9.59 Å². The number of hydrogen-bond acceptors (Lipinski definition) is 7.